The number of carbonyl (C=O) groups excluding carboxylic acids is 1. The molecule has 7 nitrogen and oxygen atoms in total. The molecular weight excluding hydrogens is 308 g/mol. The molecule has 0 bridgehead atoms. The van der Waals surface area contributed by atoms with Crippen molar-refractivity contribution in [3.05, 3.63) is 41.5 Å². The minimum absolute atomic E-state index is 0.0501. The predicted octanol–water partition coefficient (Wildman–Crippen LogP) is 1.95. The minimum atomic E-state index is -0.661. The highest BCUT2D eigenvalue weighted by Crippen LogP contribution is 2.31. The van der Waals surface area contributed by atoms with Gasteiger partial charge in [0, 0.05) is 0 Å². The molecule has 1 aliphatic heterocycles. The zero-order chi connectivity index (χ0) is 16.9. The fourth-order valence-electron chi connectivity index (χ4n) is 3.23. The van der Waals surface area contributed by atoms with E-state index in [0.717, 1.165) is 44.5 Å². The Hall–Kier alpha value is -2.41. The van der Waals surface area contributed by atoms with Crippen LogP contribution in [0.3, 0.4) is 0 Å². The van der Waals surface area contributed by atoms with Crippen molar-refractivity contribution in [2.24, 2.45) is 5.73 Å². The van der Waals surface area contributed by atoms with Gasteiger partial charge in [0.05, 0.1) is 13.2 Å². The van der Waals surface area contributed by atoms with Gasteiger partial charge in [-0.2, -0.15) is 4.98 Å². The van der Waals surface area contributed by atoms with Crippen LogP contribution in [0.1, 0.15) is 47.4 Å². The van der Waals surface area contributed by atoms with Gasteiger partial charge < -0.3 is 15.0 Å². The molecule has 0 spiro atoms. The molecule has 1 aromatic carbocycles. The highest BCUT2D eigenvalue weighted by atomic mass is 16.5. The molecule has 128 valence electrons. The zero-order valence-corrected chi connectivity index (χ0v) is 13.8. The van der Waals surface area contributed by atoms with E-state index in [0.29, 0.717) is 5.89 Å². The van der Waals surface area contributed by atoms with Crippen LogP contribution in [0, 0.1) is 0 Å². The van der Waals surface area contributed by atoms with Gasteiger partial charge in [0.25, 0.3) is 11.7 Å². The van der Waals surface area contributed by atoms with E-state index in [1.165, 1.54) is 5.56 Å². The zero-order valence-electron chi connectivity index (χ0n) is 13.8. The second-order valence-corrected chi connectivity index (χ2v) is 5.93. The molecule has 0 radical (unpaired) electrons. The van der Waals surface area contributed by atoms with E-state index in [2.05, 4.69) is 21.1 Å². The van der Waals surface area contributed by atoms with Crippen LogP contribution in [0.25, 0.3) is 0 Å². The molecule has 1 atom stereocenters. The van der Waals surface area contributed by atoms with Crippen LogP contribution in [0.15, 0.2) is 28.8 Å². The SMILES string of the molecule is COc1ccccc1CCCN1CCC[C@H]1c1nc(C(N)=O)no1. The maximum atomic E-state index is 11.1. The Bertz CT molecular complexity index is 701. The lowest BCUT2D eigenvalue weighted by atomic mass is 10.1. The van der Waals surface area contributed by atoms with Gasteiger partial charge in [0.1, 0.15) is 5.75 Å². The largest absolute Gasteiger partial charge is 0.496 e. The van der Waals surface area contributed by atoms with Crippen molar-refractivity contribution < 1.29 is 14.1 Å². The first kappa shape index (κ1) is 16.4. The third kappa shape index (κ3) is 3.56. The number of nitrogens with two attached hydrogens (primary N) is 1. The predicted molar refractivity (Wildman–Crippen MR) is 87.7 cm³/mol. The first-order valence-corrected chi connectivity index (χ1v) is 8.18. The Morgan fingerprint density at radius 2 is 2.29 bits per heavy atom. The summed E-state index contributed by atoms with van der Waals surface area (Å²) in [4.78, 5) is 17.6. The molecule has 7 heteroatoms. The van der Waals surface area contributed by atoms with Crippen LogP contribution >= 0.6 is 0 Å². The number of hydrogen-bond acceptors (Lipinski definition) is 6. The van der Waals surface area contributed by atoms with Gasteiger partial charge in [-0.3, -0.25) is 9.69 Å². The number of para-hydroxylation sites is 1. The van der Waals surface area contributed by atoms with Crippen molar-refractivity contribution in [3.63, 3.8) is 0 Å². The number of primary amides is 1. The van der Waals surface area contributed by atoms with E-state index in [-0.39, 0.29) is 11.9 Å². The normalized spacial score (nSPS) is 18.0. The third-order valence-electron chi connectivity index (χ3n) is 4.39. The Kier molecular flexibility index (Phi) is 5.10. The average molecular weight is 330 g/mol. The van der Waals surface area contributed by atoms with E-state index in [1.54, 1.807) is 7.11 Å². The molecule has 1 aliphatic rings. The van der Waals surface area contributed by atoms with Crippen molar-refractivity contribution in [2.75, 3.05) is 20.2 Å². The van der Waals surface area contributed by atoms with Crippen molar-refractivity contribution in [2.45, 2.75) is 31.7 Å². The van der Waals surface area contributed by atoms with E-state index in [4.69, 9.17) is 15.0 Å². The smallest absolute Gasteiger partial charge is 0.290 e. The van der Waals surface area contributed by atoms with Crippen LogP contribution in [0.2, 0.25) is 0 Å². The summed E-state index contributed by atoms with van der Waals surface area (Å²) < 4.78 is 10.6. The van der Waals surface area contributed by atoms with E-state index < -0.39 is 5.91 Å². The van der Waals surface area contributed by atoms with Crippen LogP contribution in [-0.2, 0) is 6.42 Å². The summed E-state index contributed by atoms with van der Waals surface area (Å²) in [6.45, 7) is 1.92. The lowest BCUT2D eigenvalue weighted by Crippen LogP contribution is -2.25. The summed E-state index contributed by atoms with van der Waals surface area (Å²) in [7, 11) is 1.70. The molecule has 0 aliphatic carbocycles. The number of methoxy groups -OCH3 is 1. The van der Waals surface area contributed by atoms with Crippen LogP contribution in [0.4, 0.5) is 0 Å². The van der Waals surface area contributed by atoms with Gasteiger partial charge in [0.2, 0.25) is 5.89 Å². The Labute approximate surface area is 140 Å². The minimum Gasteiger partial charge on any atom is -0.496 e. The number of hydrogen-bond donors (Lipinski definition) is 1. The second kappa shape index (κ2) is 7.44. The summed E-state index contributed by atoms with van der Waals surface area (Å²) >= 11 is 0. The topological polar surface area (TPSA) is 94.5 Å². The number of carbonyl (C=O) groups is 1. The molecule has 1 aromatic heterocycles. The highest BCUT2D eigenvalue weighted by molar-refractivity contribution is 5.88. The van der Waals surface area contributed by atoms with Gasteiger partial charge in [-0.25, -0.2) is 0 Å². The lowest BCUT2D eigenvalue weighted by Gasteiger charge is -2.21. The monoisotopic (exact) mass is 330 g/mol. The number of aromatic nitrogens is 2. The second-order valence-electron chi connectivity index (χ2n) is 5.93. The summed E-state index contributed by atoms with van der Waals surface area (Å²) in [6.07, 6.45) is 3.99. The van der Waals surface area contributed by atoms with Crippen LogP contribution in [0.5, 0.6) is 5.75 Å². The molecule has 24 heavy (non-hydrogen) atoms. The molecule has 1 saturated heterocycles. The van der Waals surface area contributed by atoms with Crippen LogP contribution in [-0.4, -0.2) is 41.1 Å². The third-order valence-corrected chi connectivity index (χ3v) is 4.39. The van der Waals surface area contributed by atoms with E-state index in [1.807, 2.05) is 18.2 Å². The number of ether oxygens (including phenoxy) is 1. The van der Waals surface area contributed by atoms with Crippen molar-refractivity contribution in [3.8, 4) is 5.75 Å². The molecule has 1 amide bonds. The number of nitrogens with zero attached hydrogens (tertiary/aromatic N) is 3. The maximum Gasteiger partial charge on any atom is 0.290 e. The number of benzene rings is 1. The van der Waals surface area contributed by atoms with Crippen molar-refractivity contribution >= 4 is 5.91 Å². The number of aryl methyl sites for hydroxylation is 1. The Morgan fingerprint density at radius 1 is 1.46 bits per heavy atom. The molecule has 2 N–H and O–H groups in total. The van der Waals surface area contributed by atoms with Gasteiger partial charge in [-0.15, -0.1) is 0 Å². The fraction of sp³-hybridized carbons (Fsp3) is 0.471. The summed E-state index contributed by atoms with van der Waals surface area (Å²) in [5, 5.41) is 3.64. The Morgan fingerprint density at radius 3 is 3.04 bits per heavy atom. The van der Waals surface area contributed by atoms with E-state index in [9.17, 15) is 4.79 Å². The van der Waals surface area contributed by atoms with E-state index >= 15 is 0 Å². The maximum absolute atomic E-state index is 11.1. The fourth-order valence-corrected chi connectivity index (χ4v) is 3.23. The summed E-state index contributed by atoms with van der Waals surface area (Å²) in [5.41, 5.74) is 6.40. The number of rotatable bonds is 7. The lowest BCUT2D eigenvalue weighted by molar-refractivity contribution is 0.0987. The summed E-state index contributed by atoms with van der Waals surface area (Å²) in [6, 6.07) is 8.16. The van der Waals surface area contributed by atoms with Gasteiger partial charge in [-0.05, 0) is 50.4 Å². The first-order valence-electron chi connectivity index (χ1n) is 8.18. The van der Waals surface area contributed by atoms with Gasteiger partial charge in [-0.1, -0.05) is 23.4 Å². The van der Waals surface area contributed by atoms with Crippen molar-refractivity contribution in [1.29, 1.82) is 0 Å². The first-order chi connectivity index (χ1) is 11.7. The number of amides is 1. The van der Waals surface area contributed by atoms with Crippen molar-refractivity contribution in [1.82, 2.24) is 15.0 Å². The molecule has 0 unspecified atom stereocenters. The molecule has 1 fully saturated rings. The van der Waals surface area contributed by atoms with Crippen LogP contribution < -0.4 is 10.5 Å². The molecule has 0 saturated carbocycles. The highest BCUT2D eigenvalue weighted by Gasteiger charge is 2.30. The molecule has 2 heterocycles. The van der Waals surface area contributed by atoms with Gasteiger partial charge >= 0.3 is 0 Å². The quantitative estimate of drug-likeness (QED) is 0.834. The summed E-state index contributed by atoms with van der Waals surface area (Å²) in [5.74, 6) is 0.702. The molecule has 3 rings (SSSR count). The number of likely N-dealkylation sites (tertiary alicyclic amines) is 1. The molecular formula is C17H22N4O3. The Balaban J connectivity index is 1.59. The average Bonchev–Trinajstić information content (AvgIpc) is 3.24. The molecule has 2 aromatic rings. The standard InChI is InChI=1S/C17H22N4O3/c1-23-14-9-3-2-6-12(14)7-4-10-21-11-5-8-13(21)17-19-16(15(18)22)20-24-17/h2-3,6,9,13H,4-5,7-8,10-11H2,1H3,(H2,18,22)/t13-/m0/s1. The van der Waals surface area contributed by atoms with Gasteiger partial charge in [0.15, 0.2) is 0 Å².